The monoisotopic (exact) mass is 406 g/mol. The Balaban J connectivity index is 1.90. The Labute approximate surface area is 168 Å². The molecule has 2 N–H and O–H groups in total. The zero-order valence-corrected chi connectivity index (χ0v) is 16.7. The average molecular weight is 406 g/mol. The summed E-state index contributed by atoms with van der Waals surface area (Å²) in [5, 5.41) is 4.48. The Morgan fingerprint density at radius 3 is 2.21 bits per heavy atom. The Bertz CT molecular complexity index is 854. The molecule has 2 aromatic carbocycles. The summed E-state index contributed by atoms with van der Waals surface area (Å²) in [5.74, 6) is -1.09. The van der Waals surface area contributed by atoms with Gasteiger partial charge in [0.2, 0.25) is 5.91 Å². The summed E-state index contributed by atoms with van der Waals surface area (Å²) >= 11 is 0. The highest BCUT2D eigenvalue weighted by Gasteiger charge is 2.27. The minimum Gasteiger partial charge on any atom is -0.343 e. The largest absolute Gasteiger partial charge is 0.405 e. The minimum absolute atomic E-state index is 0.0461. The van der Waals surface area contributed by atoms with Crippen LogP contribution in [0.25, 0.3) is 0 Å². The van der Waals surface area contributed by atoms with Crippen molar-refractivity contribution in [2.45, 2.75) is 45.2 Å². The number of carbonyl (C=O) groups excluding carboxylic acids is 2. The molecule has 0 aromatic heterocycles. The van der Waals surface area contributed by atoms with E-state index in [2.05, 4.69) is 38.2 Å². The Kier molecular flexibility index (Phi) is 7.06. The number of amides is 2. The number of carbonyl (C=O) groups is 2. The SMILES string of the molecule is CC(C)(C)c1ccc(CCC(=O)Nc2cccc(C(=O)NCC(F)(F)F)c2)cc1. The highest BCUT2D eigenvalue weighted by molar-refractivity contribution is 5.97. The average Bonchev–Trinajstić information content (AvgIpc) is 2.63. The van der Waals surface area contributed by atoms with E-state index < -0.39 is 18.6 Å². The molecule has 0 heterocycles. The highest BCUT2D eigenvalue weighted by Crippen LogP contribution is 2.22. The van der Waals surface area contributed by atoms with Crippen LogP contribution in [0, 0.1) is 0 Å². The van der Waals surface area contributed by atoms with Gasteiger partial charge >= 0.3 is 6.18 Å². The van der Waals surface area contributed by atoms with E-state index in [0.29, 0.717) is 12.1 Å². The van der Waals surface area contributed by atoms with Crippen molar-refractivity contribution in [3.8, 4) is 0 Å². The number of aryl methyl sites for hydroxylation is 1. The molecule has 2 aromatic rings. The van der Waals surface area contributed by atoms with Gasteiger partial charge in [-0.15, -0.1) is 0 Å². The van der Waals surface area contributed by atoms with E-state index in [1.165, 1.54) is 23.8 Å². The van der Waals surface area contributed by atoms with Crippen molar-refractivity contribution in [3.63, 3.8) is 0 Å². The number of hydrogen-bond donors (Lipinski definition) is 2. The van der Waals surface area contributed by atoms with Gasteiger partial charge in [0.15, 0.2) is 0 Å². The molecule has 0 aliphatic rings. The van der Waals surface area contributed by atoms with Crippen LogP contribution < -0.4 is 10.6 Å². The molecule has 0 radical (unpaired) electrons. The molecule has 0 fully saturated rings. The van der Waals surface area contributed by atoms with E-state index in [9.17, 15) is 22.8 Å². The molecule has 0 bridgehead atoms. The van der Waals surface area contributed by atoms with Crippen LogP contribution in [-0.4, -0.2) is 24.5 Å². The van der Waals surface area contributed by atoms with E-state index in [-0.39, 0.29) is 23.3 Å². The molecule has 0 saturated carbocycles. The summed E-state index contributed by atoms with van der Waals surface area (Å²) < 4.78 is 36.6. The fourth-order valence-corrected chi connectivity index (χ4v) is 2.67. The van der Waals surface area contributed by atoms with Gasteiger partial charge in [-0.25, -0.2) is 0 Å². The van der Waals surface area contributed by atoms with Crippen LogP contribution in [0.2, 0.25) is 0 Å². The number of halogens is 3. The lowest BCUT2D eigenvalue weighted by Crippen LogP contribution is -2.33. The van der Waals surface area contributed by atoms with Crippen LogP contribution in [0.4, 0.5) is 18.9 Å². The molecule has 156 valence electrons. The van der Waals surface area contributed by atoms with Gasteiger partial charge in [0.05, 0.1) is 0 Å². The van der Waals surface area contributed by atoms with Gasteiger partial charge in [-0.3, -0.25) is 9.59 Å². The second-order valence-electron chi connectivity index (χ2n) is 7.87. The van der Waals surface area contributed by atoms with Gasteiger partial charge in [-0.05, 0) is 41.2 Å². The lowest BCUT2D eigenvalue weighted by molar-refractivity contribution is -0.123. The summed E-state index contributed by atoms with van der Waals surface area (Å²) in [7, 11) is 0. The molecule has 0 aliphatic heterocycles. The van der Waals surface area contributed by atoms with Crippen LogP contribution in [0.15, 0.2) is 48.5 Å². The van der Waals surface area contributed by atoms with Crippen molar-refractivity contribution in [1.29, 1.82) is 0 Å². The maximum atomic E-state index is 12.2. The zero-order valence-electron chi connectivity index (χ0n) is 16.7. The van der Waals surface area contributed by atoms with E-state index in [0.717, 1.165) is 5.56 Å². The maximum Gasteiger partial charge on any atom is 0.405 e. The number of rotatable bonds is 6. The number of alkyl halides is 3. The summed E-state index contributed by atoms with van der Waals surface area (Å²) in [4.78, 5) is 24.0. The molecule has 2 rings (SSSR count). The number of anilines is 1. The van der Waals surface area contributed by atoms with Crippen LogP contribution >= 0.6 is 0 Å². The first-order valence-electron chi connectivity index (χ1n) is 9.28. The Morgan fingerprint density at radius 1 is 0.966 bits per heavy atom. The van der Waals surface area contributed by atoms with Crippen LogP contribution in [-0.2, 0) is 16.6 Å². The normalized spacial score (nSPS) is 11.8. The molecule has 2 amide bonds. The number of benzene rings is 2. The van der Waals surface area contributed by atoms with Gasteiger partial charge in [-0.1, -0.05) is 51.1 Å². The van der Waals surface area contributed by atoms with Gasteiger partial charge in [0.1, 0.15) is 6.54 Å². The van der Waals surface area contributed by atoms with Crippen molar-refractivity contribution in [2.75, 3.05) is 11.9 Å². The van der Waals surface area contributed by atoms with E-state index in [1.807, 2.05) is 12.1 Å². The van der Waals surface area contributed by atoms with Crippen molar-refractivity contribution < 1.29 is 22.8 Å². The summed E-state index contributed by atoms with van der Waals surface area (Å²) in [6.07, 6.45) is -3.67. The Morgan fingerprint density at radius 2 is 1.62 bits per heavy atom. The molecule has 0 aliphatic carbocycles. The fraction of sp³-hybridized carbons (Fsp3) is 0.364. The highest BCUT2D eigenvalue weighted by atomic mass is 19.4. The predicted molar refractivity (Wildman–Crippen MR) is 107 cm³/mol. The quantitative estimate of drug-likeness (QED) is 0.721. The lowest BCUT2D eigenvalue weighted by Gasteiger charge is -2.19. The minimum atomic E-state index is -4.48. The van der Waals surface area contributed by atoms with Gasteiger partial charge in [-0.2, -0.15) is 13.2 Å². The summed E-state index contributed by atoms with van der Waals surface area (Å²) in [5.41, 5.74) is 2.72. The first-order chi connectivity index (χ1) is 13.4. The summed E-state index contributed by atoms with van der Waals surface area (Å²) in [6, 6.07) is 13.9. The third-order valence-electron chi connectivity index (χ3n) is 4.32. The molecule has 7 heteroatoms. The van der Waals surface area contributed by atoms with Crippen molar-refractivity contribution >= 4 is 17.5 Å². The van der Waals surface area contributed by atoms with E-state index in [4.69, 9.17) is 0 Å². The second kappa shape index (κ2) is 9.11. The smallest absolute Gasteiger partial charge is 0.343 e. The molecule has 0 spiro atoms. The first-order valence-corrected chi connectivity index (χ1v) is 9.28. The standard InChI is InChI=1S/C22H25F3N2O2/c1-21(2,3)17-10-7-15(8-11-17)9-12-19(28)27-18-6-4-5-16(13-18)20(29)26-14-22(23,24)25/h4-8,10-11,13H,9,12,14H2,1-3H3,(H,26,29)(H,27,28). The topological polar surface area (TPSA) is 58.2 Å². The lowest BCUT2D eigenvalue weighted by atomic mass is 9.86. The van der Waals surface area contributed by atoms with E-state index in [1.54, 1.807) is 11.4 Å². The molecular formula is C22H25F3N2O2. The third kappa shape index (κ3) is 7.60. The van der Waals surface area contributed by atoms with Gasteiger partial charge in [0.25, 0.3) is 5.91 Å². The van der Waals surface area contributed by atoms with Crippen molar-refractivity contribution in [2.24, 2.45) is 0 Å². The van der Waals surface area contributed by atoms with Crippen molar-refractivity contribution in [3.05, 3.63) is 65.2 Å². The molecule has 29 heavy (non-hydrogen) atoms. The van der Waals surface area contributed by atoms with Gasteiger partial charge < -0.3 is 10.6 Å². The zero-order chi connectivity index (χ0) is 21.7. The Hall–Kier alpha value is -2.83. The molecule has 0 atom stereocenters. The van der Waals surface area contributed by atoms with Crippen LogP contribution in [0.1, 0.15) is 48.7 Å². The maximum absolute atomic E-state index is 12.2. The number of hydrogen-bond acceptors (Lipinski definition) is 2. The molecule has 0 saturated heterocycles. The van der Waals surface area contributed by atoms with Crippen LogP contribution in [0.3, 0.4) is 0 Å². The first kappa shape index (κ1) is 22.5. The molecule has 0 unspecified atom stereocenters. The molecule has 4 nitrogen and oxygen atoms in total. The van der Waals surface area contributed by atoms with Crippen molar-refractivity contribution in [1.82, 2.24) is 5.32 Å². The molecular weight excluding hydrogens is 381 g/mol. The summed E-state index contributed by atoms with van der Waals surface area (Å²) in [6.45, 7) is 4.99. The van der Waals surface area contributed by atoms with Crippen LogP contribution in [0.5, 0.6) is 0 Å². The second-order valence-corrected chi connectivity index (χ2v) is 7.87. The fourth-order valence-electron chi connectivity index (χ4n) is 2.67. The number of nitrogens with one attached hydrogen (secondary N) is 2. The third-order valence-corrected chi connectivity index (χ3v) is 4.32. The predicted octanol–water partition coefficient (Wildman–Crippen LogP) is 4.85. The van der Waals surface area contributed by atoms with Gasteiger partial charge in [0, 0.05) is 17.7 Å². The van der Waals surface area contributed by atoms with E-state index >= 15 is 0 Å².